The van der Waals surface area contributed by atoms with Gasteiger partial charge in [-0.05, 0) is 139 Å². The smallest absolute Gasteiger partial charge is 0.143 e. The molecule has 2 aromatic heterocycles. The molecule has 0 saturated heterocycles. The molecule has 69 heavy (non-hydrogen) atoms. The number of aromatic nitrogens is 1. The average Bonchev–Trinajstić information content (AvgIpc) is 3.98. The van der Waals surface area contributed by atoms with Crippen molar-refractivity contribution >= 4 is 93.1 Å². The van der Waals surface area contributed by atoms with Crippen LogP contribution < -0.4 is 4.90 Å². The van der Waals surface area contributed by atoms with Crippen LogP contribution in [0, 0.1) is 0 Å². The number of benzene rings is 12. The Morgan fingerprint density at radius 3 is 1.36 bits per heavy atom. The van der Waals surface area contributed by atoms with Gasteiger partial charge in [0, 0.05) is 49.9 Å². The van der Waals surface area contributed by atoms with Gasteiger partial charge in [0.2, 0.25) is 0 Å². The molecule has 0 aliphatic heterocycles. The maximum Gasteiger partial charge on any atom is 0.143 e. The first-order valence-corrected chi connectivity index (χ1v) is 23.7. The van der Waals surface area contributed by atoms with Crippen LogP contribution in [0.1, 0.15) is 0 Å². The quantitative estimate of drug-likeness (QED) is 0.149. The summed E-state index contributed by atoms with van der Waals surface area (Å²) in [5.74, 6) is 0. The number of furan rings is 1. The molecule has 3 heteroatoms. The second-order valence-corrected chi connectivity index (χ2v) is 18.0. The monoisotopic (exact) mass is 878 g/mol. The van der Waals surface area contributed by atoms with E-state index >= 15 is 0 Å². The number of fused-ring (bicyclic) bond motifs is 12. The van der Waals surface area contributed by atoms with Crippen molar-refractivity contribution in [3.05, 3.63) is 255 Å². The molecule has 3 nitrogen and oxygen atoms in total. The van der Waals surface area contributed by atoms with Gasteiger partial charge in [-0.1, -0.05) is 176 Å². The second kappa shape index (κ2) is 15.7. The van der Waals surface area contributed by atoms with Crippen LogP contribution in [0.5, 0.6) is 0 Å². The summed E-state index contributed by atoms with van der Waals surface area (Å²) in [5, 5.41) is 12.4. The highest BCUT2D eigenvalue weighted by atomic mass is 16.3. The van der Waals surface area contributed by atoms with E-state index in [4.69, 9.17) is 4.42 Å². The number of rotatable bonds is 7. The fraction of sp³-hybridized carbons (Fsp3) is 0. The van der Waals surface area contributed by atoms with E-state index in [1.54, 1.807) is 0 Å². The third-order valence-corrected chi connectivity index (χ3v) is 14.2. The molecule has 0 aliphatic rings. The molecule has 322 valence electrons. The Labute approximate surface area is 399 Å². The van der Waals surface area contributed by atoms with Crippen molar-refractivity contribution in [3.63, 3.8) is 0 Å². The van der Waals surface area contributed by atoms with Crippen LogP contribution >= 0.6 is 0 Å². The summed E-state index contributed by atoms with van der Waals surface area (Å²) in [5.41, 5.74) is 15.5. The Kier molecular flexibility index (Phi) is 8.90. The molecule has 0 amide bonds. The normalized spacial score (nSPS) is 11.8. The number of nitrogens with zero attached hydrogens (tertiary/aromatic N) is 2. The lowest BCUT2D eigenvalue weighted by Crippen LogP contribution is -2.09. The van der Waals surface area contributed by atoms with Crippen LogP contribution in [0.25, 0.3) is 115 Å². The van der Waals surface area contributed by atoms with Gasteiger partial charge in [0.25, 0.3) is 0 Å². The molecule has 0 saturated carbocycles. The number of para-hydroxylation sites is 4. The predicted molar refractivity (Wildman–Crippen MR) is 292 cm³/mol. The average molecular weight is 879 g/mol. The molecular formula is C66H42N2O. The molecule has 0 N–H and O–H groups in total. The van der Waals surface area contributed by atoms with Gasteiger partial charge < -0.3 is 13.9 Å². The Morgan fingerprint density at radius 1 is 0.275 bits per heavy atom. The van der Waals surface area contributed by atoms with Crippen molar-refractivity contribution in [3.8, 4) is 39.1 Å². The largest absolute Gasteiger partial charge is 0.455 e. The third-order valence-electron chi connectivity index (χ3n) is 14.2. The van der Waals surface area contributed by atoms with Gasteiger partial charge in [0.05, 0.1) is 11.0 Å². The fourth-order valence-electron chi connectivity index (χ4n) is 10.9. The van der Waals surface area contributed by atoms with E-state index in [0.29, 0.717) is 0 Å². The van der Waals surface area contributed by atoms with Crippen molar-refractivity contribution in [2.75, 3.05) is 4.90 Å². The topological polar surface area (TPSA) is 21.3 Å². The van der Waals surface area contributed by atoms with E-state index in [0.717, 1.165) is 55.8 Å². The first-order chi connectivity index (χ1) is 34.2. The summed E-state index contributed by atoms with van der Waals surface area (Å²) in [6.45, 7) is 0. The summed E-state index contributed by atoms with van der Waals surface area (Å²) in [6.07, 6.45) is 0. The van der Waals surface area contributed by atoms with E-state index in [-0.39, 0.29) is 0 Å². The zero-order valence-corrected chi connectivity index (χ0v) is 37.6. The van der Waals surface area contributed by atoms with Gasteiger partial charge in [0.15, 0.2) is 0 Å². The van der Waals surface area contributed by atoms with Crippen molar-refractivity contribution in [2.45, 2.75) is 0 Å². The van der Waals surface area contributed by atoms with Crippen LogP contribution in [0.4, 0.5) is 17.1 Å². The van der Waals surface area contributed by atoms with Gasteiger partial charge in [-0.25, -0.2) is 0 Å². The lowest BCUT2D eigenvalue weighted by molar-refractivity contribution is 0.670. The minimum Gasteiger partial charge on any atom is -0.455 e. The Balaban J connectivity index is 0.860. The lowest BCUT2D eigenvalue weighted by atomic mass is 9.92. The molecule has 2 heterocycles. The van der Waals surface area contributed by atoms with Crippen LogP contribution in [-0.2, 0) is 0 Å². The maximum absolute atomic E-state index is 6.47. The van der Waals surface area contributed by atoms with Gasteiger partial charge in [-0.3, -0.25) is 0 Å². The number of hydrogen-bond acceptors (Lipinski definition) is 2. The molecule has 0 bridgehead atoms. The molecule has 0 radical (unpaired) electrons. The van der Waals surface area contributed by atoms with E-state index in [1.165, 1.54) is 76.4 Å². The Hall–Kier alpha value is -9.18. The van der Waals surface area contributed by atoms with E-state index in [9.17, 15) is 0 Å². The molecule has 0 spiro atoms. The Bertz CT molecular complexity index is 4240. The van der Waals surface area contributed by atoms with Crippen molar-refractivity contribution in [1.29, 1.82) is 0 Å². The van der Waals surface area contributed by atoms with Crippen molar-refractivity contribution in [2.24, 2.45) is 0 Å². The second-order valence-electron chi connectivity index (χ2n) is 18.0. The van der Waals surface area contributed by atoms with Gasteiger partial charge in [0.1, 0.15) is 11.2 Å². The molecule has 14 aromatic rings. The first-order valence-electron chi connectivity index (χ1n) is 23.7. The highest BCUT2D eigenvalue weighted by Crippen LogP contribution is 2.42. The predicted octanol–water partition coefficient (Wildman–Crippen LogP) is 18.6. The van der Waals surface area contributed by atoms with E-state index < -0.39 is 0 Å². The van der Waals surface area contributed by atoms with Crippen LogP contribution in [0.3, 0.4) is 0 Å². The molecular weight excluding hydrogens is 837 g/mol. The summed E-state index contributed by atoms with van der Waals surface area (Å²) < 4.78 is 8.84. The van der Waals surface area contributed by atoms with Gasteiger partial charge >= 0.3 is 0 Å². The number of hydrogen-bond donors (Lipinski definition) is 0. The molecule has 0 atom stereocenters. The summed E-state index contributed by atoms with van der Waals surface area (Å²) in [7, 11) is 0. The molecule has 12 aromatic carbocycles. The fourth-order valence-corrected chi connectivity index (χ4v) is 10.9. The first kappa shape index (κ1) is 39.0. The molecule has 0 fully saturated rings. The third kappa shape index (κ3) is 6.36. The summed E-state index contributed by atoms with van der Waals surface area (Å²) in [6, 6.07) is 92.4. The minimum absolute atomic E-state index is 0.902. The zero-order chi connectivity index (χ0) is 45.4. The van der Waals surface area contributed by atoms with Gasteiger partial charge in [-0.15, -0.1) is 0 Å². The molecule has 0 unspecified atom stereocenters. The highest BCUT2D eigenvalue weighted by Gasteiger charge is 2.18. The molecule has 0 aliphatic carbocycles. The number of anilines is 3. The lowest BCUT2D eigenvalue weighted by Gasteiger charge is -2.26. The summed E-state index contributed by atoms with van der Waals surface area (Å²) in [4.78, 5) is 2.36. The van der Waals surface area contributed by atoms with Crippen LogP contribution in [-0.4, -0.2) is 4.57 Å². The van der Waals surface area contributed by atoms with Crippen molar-refractivity contribution in [1.82, 2.24) is 4.57 Å². The highest BCUT2D eigenvalue weighted by molar-refractivity contribution is 6.25. The van der Waals surface area contributed by atoms with Crippen LogP contribution in [0.2, 0.25) is 0 Å². The van der Waals surface area contributed by atoms with Gasteiger partial charge in [-0.2, -0.15) is 0 Å². The Morgan fingerprint density at radius 2 is 0.725 bits per heavy atom. The van der Waals surface area contributed by atoms with Crippen LogP contribution in [0.15, 0.2) is 259 Å². The summed E-state index contributed by atoms with van der Waals surface area (Å²) >= 11 is 0. The van der Waals surface area contributed by atoms with E-state index in [2.05, 4.69) is 252 Å². The standard InChI is InChI=1S/C66H42N2O/c1-2-13-48(14-3-1)68-63-23-10-8-19-58(63)62-42-47(32-40-64(62)68)44-27-35-50(36-28-44)67(51-37-29-45(30-38-51)52-21-12-22-60-59-20-9-11-24-65(59)69-66(52)60)49-33-25-43(26-34-49)46-31-39-57-55-17-5-4-15-53(55)54-16-6-7-18-56(54)61(57)41-46/h1-42H. The zero-order valence-electron chi connectivity index (χ0n) is 37.6. The minimum atomic E-state index is 0.902. The SMILES string of the molecule is c1ccc(-n2c3ccccc3c3cc(-c4ccc(N(c5ccc(-c6ccc7c8ccccc8c8ccccc8c7c6)cc5)c5ccc(-c6cccc7c6oc6ccccc67)cc5)cc4)ccc32)cc1. The van der Waals surface area contributed by atoms with Crippen molar-refractivity contribution < 1.29 is 4.42 Å². The molecule has 14 rings (SSSR count). The maximum atomic E-state index is 6.47. The van der Waals surface area contributed by atoms with E-state index in [1.807, 2.05) is 12.1 Å².